The number of quaternary nitrogens is 2. The van der Waals surface area contributed by atoms with Crippen molar-refractivity contribution in [3.63, 3.8) is 0 Å². The van der Waals surface area contributed by atoms with Crippen molar-refractivity contribution in [1.29, 1.82) is 0 Å². The molecule has 0 aliphatic carbocycles. The fraction of sp³-hybridized carbons (Fsp3) is 0.714. The monoisotopic (exact) mass is 334 g/mol. The summed E-state index contributed by atoms with van der Waals surface area (Å²) in [6.45, 7) is 15.9. The number of hydrogen-bond donors (Lipinski definition) is 1. The Morgan fingerprint density at radius 1 is 1.21 bits per heavy atom. The molecule has 5 heteroatoms. The van der Waals surface area contributed by atoms with Gasteiger partial charge in [0.05, 0.1) is 47.0 Å². The summed E-state index contributed by atoms with van der Waals surface area (Å²) in [5.41, 5.74) is 1.22. The maximum absolute atomic E-state index is 5.07. The minimum absolute atomic E-state index is 0. The van der Waals surface area contributed by atoms with Crippen molar-refractivity contribution < 1.29 is 34.2 Å². The van der Waals surface area contributed by atoms with E-state index in [9.17, 15) is 0 Å². The highest BCUT2D eigenvalue weighted by Gasteiger charge is 2.11. The Labute approximate surface area is 138 Å². The van der Waals surface area contributed by atoms with Gasteiger partial charge in [-0.25, -0.2) is 0 Å². The van der Waals surface area contributed by atoms with Crippen LogP contribution in [0.2, 0.25) is 0 Å². The molecule has 0 rings (SSSR count). The van der Waals surface area contributed by atoms with Gasteiger partial charge in [0.1, 0.15) is 0 Å². The topological polar surface area (TPSA) is 4.44 Å². The highest BCUT2D eigenvalue weighted by molar-refractivity contribution is 6.18. The lowest BCUT2D eigenvalue weighted by Gasteiger charge is -2.27. The van der Waals surface area contributed by atoms with E-state index in [-0.39, 0.29) is 24.8 Å². The number of nitrogens with one attached hydrogen (secondary N) is 1. The minimum Gasteiger partial charge on any atom is -1.00 e. The Bertz CT molecular complexity index is 193. The lowest BCUT2D eigenvalue weighted by atomic mass is 10.4. The van der Waals surface area contributed by atoms with Crippen LogP contribution in [0.5, 0.6) is 0 Å². The fourth-order valence-corrected chi connectivity index (χ4v) is 0.270. The van der Waals surface area contributed by atoms with Gasteiger partial charge in [0.2, 0.25) is 0 Å². The van der Waals surface area contributed by atoms with E-state index in [2.05, 4.69) is 62.1 Å². The van der Waals surface area contributed by atoms with Gasteiger partial charge in [-0.2, -0.15) is 0 Å². The Balaban J connectivity index is -0.0000000524. The molecule has 120 valence electrons. The van der Waals surface area contributed by atoms with Crippen LogP contribution in [-0.2, 0) is 0 Å². The molecule has 0 saturated heterocycles. The summed E-state index contributed by atoms with van der Waals surface area (Å²) in [5, 5.41) is 0. The smallest absolute Gasteiger partial charge is 0.0979 e. The minimum atomic E-state index is 0. The first-order valence-electron chi connectivity index (χ1n) is 6.14. The number of hydrogen-bond acceptors (Lipinski definition) is 0. The maximum atomic E-state index is 5.07. The Kier molecular flexibility index (Phi) is 34.2. The van der Waals surface area contributed by atoms with Crippen molar-refractivity contribution >= 4 is 11.6 Å². The van der Waals surface area contributed by atoms with Gasteiger partial charge in [-0.05, 0) is 20.4 Å². The summed E-state index contributed by atoms with van der Waals surface area (Å²) in [5.74, 6) is 0.556. The number of allylic oxidation sites excluding steroid dienone is 2. The van der Waals surface area contributed by atoms with Crippen molar-refractivity contribution in [3.05, 3.63) is 24.9 Å². The van der Waals surface area contributed by atoms with Crippen LogP contribution in [-0.4, -0.2) is 51.6 Å². The summed E-state index contributed by atoms with van der Waals surface area (Å²) in [6, 6.07) is 0. The van der Waals surface area contributed by atoms with Crippen LogP contribution < -0.4 is 29.7 Å². The lowest BCUT2D eigenvalue weighted by Crippen LogP contribution is -3.05. The molecule has 0 unspecified atom stereocenters. The second kappa shape index (κ2) is 20.6. The standard InChI is InChI=1S/C7H16N.C4H11N.C3H5Cl.2ClH/c1-6-8(4,5)7(2)3;1-4-5(2)3;1-2-3-4;;/h2,6H2,1,3-5H3;4H2,1-3H3;2H,1,3H2;2*1H/q+1;;;;/p-1. The van der Waals surface area contributed by atoms with Gasteiger partial charge in [-0.1, -0.05) is 6.08 Å². The average molecular weight is 336 g/mol. The number of nitrogens with zero attached hydrogens (tertiary/aromatic N) is 1. The van der Waals surface area contributed by atoms with Crippen LogP contribution in [0.3, 0.4) is 0 Å². The van der Waals surface area contributed by atoms with Gasteiger partial charge in [0.25, 0.3) is 0 Å². The van der Waals surface area contributed by atoms with Crippen molar-refractivity contribution in [2.24, 2.45) is 0 Å². The van der Waals surface area contributed by atoms with Gasteiger partial charge < -0.3 is 34.2 Å². The van der Waals surface area contributed by atoms with Gasteiger partial charge in [0, 0.05) is 12.8 Å². The van der Waals surface area contributed by atoms with Crippen molar-refractivity contribution in [2.75, 3.05) is 47.2 Å². The Morgan fingerprint density at radius 2 is 1.47 bits per heavy atom. The fourth-order valence-electron chi connectivity index (χ4n) is 0.270. The second-order valence-corrected chi connectivity index (χ2v) is 5.05. The zero-order chi connectivity index (χ0) is 14.5. The third kappa shape index (κ3) is 32.1. The van der Waals surface area contributed by atoms with E-state index in [0.717, 1.165) is 11.0 Å². The predicted octanol–water partition coefficient (Wildman–Crippen LogP) is -3.81. The SMILES string of the molecule is C=C(C)[N+](C)(C)CC.C=CCCl.CC[NH+](C)C.[Cl-].[Cl-]. The zero-order valence-electron chi connectivity index (χ0n) is 13.7. The predicted molar refractivity (Wildman–Crippen MR) is 81.7 cm³/mol. The Hall–Kier alpha value is 0.270. The average Bonchev–Trinajstić information content (AvgIpc) is 2.29. The maximum Gasteiger partial charge on any atom is 0.0979 e. The molecule has 0 aliphatic heterocycles. The molecule has 0 aromatic heterocycles. The third-order valence-electron chi connectivity index (χ3n) is 2.64. The van der Waals surface area contributed by atoms with Crippen molar-refractivity contribution in [3.8, 4) is 0 Å². The highest BCUT2D eigenvalue weighted by atomic mass is 35.5. The molecule has 0 atom stereocenters. The van der Waals surface area contributed by atoms with E-state index < -0.39 is 0 Å². The molecule has 0 heterocycles. The molecule has 0 aromatic rings. The summed E-state index contributed by atoms with van der Waals surface area (Å²) in [7, 11) is 8.59. The van der Waals surface area contributed by atoms with Crippen LogP contribution in [0.15, 0.2) is 24.9 Å². The summed E-state index contributed by atoms with van der Waals surface area (Å²) < 4.78 is 0.931. The molecule has 0 amide bonds. The summed E-state index contributed by atoms with van der Waals surface area (Å²) in [6.07, 6.45) is 1.64. The lowest BCUT2D eigenvalue weighted by molar-refractivity contribution is -0.856. The quantitative estimate of drug-likeness (QED) is 0.305. The molecule has 0 aliphatic rings. The third-order valence-corrected chi connectivity index (χ3v) is 2.86. The summed E-state index contributed by atoms with van der Waals surface area (Å²) in [4.78, 5) is 1.50. The Morgan fingerprint density at radius 3 is 1.47 bits per heavy atom. The molecule has 0 fully saturated rings. The van der Waals surface area contributed by atoms with Gasteiger partial charge in [-0.15, -0.1) is 18.2 Å². The van der Waals surface area contributed by atoms with Crippen LogP contribution >= 0.6 is 11.6 Å². The molecular formula is C14H33Cl3N2. The van der Waals surface area contributed by atoms with Gasteiger partial charge >= 0.3 is 0 Å². The zero-order valence-corrected chi connectivity index (χ0v) is 16.0. The molecular weight excluding hydrogens is 303 g/mol. The van der Waals surface area contributed by atoms with Crippen LogP contribution in [0, 0.1) is 0 Å². The van der Waals surface area contributed by atoms with E-state index in [1.54, 1.807) is 6.08 Å². The largest absolute Gasteiger partial charge is 1.00 e. The van der Waals surface area contributed by atoms with Crippen LogP contribution in [0.25, 0.3) is 0 Å². The molecule has 2 nitrogen and oxygen atoms in total. The van der Waals surface area contributed by atoms with E-state index in [1.807, 2.05) is 0 Å². The van der Waals surface area contributed by atoms with E-state index >= 15 is 0 Å². The number of halogens is 3. The van der Waals surface area contributed by atoms with E-state index in [0.29, 0.717) is 5.88 Å². The first kappa shape index (κ1) is 31.6. The van der Waals surface area contributed by atoms with Gasteiger partial charge in [0.15, 0.2) is 0 Å². The van der Waals surface area contributed by atoms with Crippen molar-refractivity contribution in [2.45, 2.75) is 20.8 Å². The molecule has 0 bridgehead atoms. The first-order chi connectivity index (χ1) is 7.69. The molecule has 19 heavy (non-hydrogen) atoms. The molecule has 0 saturated carbocycles. The van der Waals surface area contributed by atoms with Crippen LogP contribution in [0.1, 0.15) is 20.8 Å². The van der Waals surface area contributed by atoms with E-state index in [4.69, 9.17) is 11.6 Å². The second-order valence-electron chi connectivity index (χ2n) is 4.74. The molecule has 0 spiro atoms. The number of alkyl halides is 1. The highest BCUT2D eigenvalue weighted by Crippen LogP contribution is 2.05. The molecule has 0 aromatic carbocycles. The number of rotatable bonds is 4. The van der Waals surface area contributed by atoms with E-state index in [1.165, 1.54) is 17.1 Å². The normalized spacial score (nSPS) is 8.68. The van der Waals surface area contributed by atoms with Crippen molar-refractivity contribution in [1.82, 2.24) is 0 Å². The van der Waals surface area contributed by atoms with Crippen LogP contribution in [0.4, 0.5) is 0 Å². The van der Waals surface area contributed by atoms with Gasteiger partial charge in [-0.3, -0.25) is 0 Å². The first-order valence-corrected chi connectivity index (χ1v) is 6.67. The summed E-state index contributed by atoms with van der Waals surface area (Å²) >= 11 is 5.07. The molecule has 0 radical (unpaired) electrons. The molecule has 1 N–H and O–H groups in total.